The number of alkyl halides is 3. The molecular formula is C10H13F3O2. The molecule has 0 rings (SSSR count). The normalized spacial score (nSPS) is 12.5. The molecule has 86 valence electrons. The minimum Gasteiger partial charge on any atom is -0.463 e. The minimum absolute atomic E-state index is 0.0445. The van der Waals surface area contributed by atoms with E-state index >= 15 is 0 Å². The summed E-state index contributed by atoms with van der Waals surface area (Å²) < 4.78 is 39.4. The van der Waals surface area contributed by atoms with Gasteiger partial charge >= 0.3 is 12.1 Å². The quantitative estimate of drug-likeness (QED) is 0.309. The standard InChI is InChI=1S/C10H13F3O2/c1-2-3-8-15-9(14)6-4-5-7-10(11,12)13/h4-7H,2-3,8H2,1H3/b6-4+,7-5+. The van der Waals surface area contributed by atoms with Crippen molar-refractivity contribution in [2.75, 3.05) is 6.61 Å². The van der Waals surface area contributed by atoms with Crippen molar-refractivity contribution in [2.24, 2.45) is 0 Å². The van der Waals surface area contributed by atoms with Gasteiger partial charge in [-0.25, -0.2) is 4.79 Å². The number of carbonyl (C=O) groups excluding carboxylic acids is 1. The van der Waals surface area contributed by atoms with E-state index in [2.05, 4.69) is 4.74 Å². The maximum Gasteiger partial charge on any atom is 0.409 e. The van der Waals surface area contributed by atoms with Crippen LogP contribution in [0.3, 0.4) is 0 Å². The van der Waals surface area contributed by atoms with Gasteiger partial charge in [-0.3, -0.25) is 0 Å². The van der Waals surface area contributed by atoms with Gasteiger partial charge < -0.3 is 4.74 Å². The van der Waals surface area contributed by atoms with Gasteiger partial charge in [-0.05, 0) is 6.42 Å². The molecule has 0 atom stereocenters. The van der Waals surface area contributed by atoms with Crippen molar-refractivity contribution in [2.45, 2.75) is 25.9 Å². The topological polar surface area (TPSA) is 26.3 Å². The van der Waals surface area contributed by atoms with Gasteiger partial charge in [0.15, 0.2) is 0 Å². The highest BCUT2D eigenvalue weighted by atomic mass is 19.4. The Morgan fingerprint density at radius 2 is 2.00 bits per heavy atom. The summed E-state index contributed by atoms with van der Waals surface area (Å²) in [6.07, 6.45) is 0.0446. The van der Waals surface area contributed by atoms with E-state index in [9.17, 15) is 18.0 Å². The summed E-state index contributed by atoms with van der Waals surface area (Å²) in [7, 11) is 0. The van der Waals surface area contributed by atoms with Crippen molar-refractivity contribution in [1.82, 2.24) is 0 Å². The number of halogens is 3. The van der Waals surface area contributed by atoms with E-state index in [4.69, 9.17) is 0 Å². The van der Waals surface area contributed by atoms with Crippen LogP contribution in [-0.2, 0) is 9.53 Å². The molecule has 0 radical (unpaired) electrons. The summed E-state index contributed by atoms with van der Waals surface area (Å²) in [5.74, 6) is -0.629. The van der Waals surface area contributed by atoms with E-state index in [0.29, 0.717) is 6.61 Å². The number of allylic oxidation sites excluding steroid dienone is 3. The number of ether oxygens (including phenoxy) is 1. The molecule has 0 aromatic heterocycles. The van der Waals surface area contributed by atoms with Gasteiger partial charge in [0.25, 0.3) is 0 Å². The van der Waals surface area contributed by atoms with Crippen LogP contribution >= 0.6 is 0 Å². The summed E-state index contributed by atoms with van der Waals surface area (Å²) in [6, 6.07) is 0. The van der Waals surface area contributed by atoms with E-state index in [0.717, 1.165) is 31.1 Å². The van der Waals surface area contributed by atoms with Crippen LogP contribution in [0, 0.1) is 0 Å². The predicted octanol–water partition coefficient (Wildman–Crippen LogP) is 3.00. The lowest BCUT2D eigenvalue weighted by Crippen LogP contribution is -2.02. The van der Waals surface area contributed by atoms with Crippen molar-refractivity contribution < 1.29 is 22.7 Å². The Morgan fingerprint density at radius 1 is 1.33 bits per heavy atom. The first-order chi connectivity index (χ1) is 6.95. The van der Waals surface area contributed by atoms with Crippen molar-refractivity contribution in [3.05, 3.63) is 24.3 Å². The maximum absolute atomic E-state index is 11.6. The number of hydrogen-bond donors (Lipinski definition) is 0. The molecule has 15 heavy (non-hydrogen) atoms. The third kappa shape index (κ3) is 10.7. The van der Waals surface area contributed by atoms with E-state index in [1.54, 1.807) is 0 Å². The van der Waals surface area contributed by atoms with Crippen LogP contribution in [0.15, 0.2) is 24.3 Å². The first-order valence-corrected chi connectivity index (χ1v) is 4.55. The molecule has 0 aromatic rings. The smallest absolute Gasteiger partial charge is 0.409 e. The van der Waals surface area contributed by atoms with Crippen molar-refractivity contribution in [1.29, 1.82) is 0 Å². The van der Waals surface area contributed by atoms with Gasteiger partial charge in [-0.15, -0.1) is 0 Å². The lowest BCUT2D eigenvalue weighted by atomic mass is 10.4. The summed E-state index contributed by atoms with van der Waals surface area (Å²) in [4.78, 5) is 10.8. The second-order valence-corrected chi connectivity index (χ2v) is 2.78. The van der Waals surface area contributed by atoms with E-state index < -0.39 is 12.1 Å². The zero-order chi connectivity index (χ0) is 11.7. The molecule has 0 unspecified atom stereocenters. The lowest BCUT2D eigenvalue weighted by Gasteiger charge is -1.98. The molecule has 0 aliphatic carbocycles. The molecule has 0 aliphatic heterocycles. The summed E-state index contributed by atoms with van der Waals surface area (Å²) in [6.45, 7) is 2.23. The highest BCUT2D eigenvalue weighted by molar-refractivity contribution is 5.82. The van der Waals surface area contributed by atoms with E-state index in [1.807, 2.05) is 6.92 Å². The predicted molar refractivity (Wildman–Crippen MR) is 50.2 cm³/mol. The van der Waals surface area contributed by atoms with Crippen LogP contribution in [0.4, 0.5) is 13.2 Å². The van der Waals surface area contributed by atoms with Crippen LogP contribution in [0.25, 0.3) is 0 Å². The Morgan fingerprint density at radius 3 is 2.53 bits per heavy atom. The molecule has 2 nitrogen and oxygen atoms in total. The lowest BCUT2D eigenvalue weighted by molar-refractivity contribution is -0.137. The molecule has 0 aromatic carbocycles. The highest BCUT2D eigenvalue weighted by Gasteiger charge is 2.21. The van der Waals surface area contributed by atoms with Crippen molar-refractivity contribution in [3.8, 4) is 0 Å². The Bertz CT molecular complexity index is 242. The van der Waals surface area contributed by atoms with Crippen LogP contribution in [0.2, 0.25) is 0 Å². The van der Waals surface area contributed by atoms with Crippen LogP contribution in [0.5, 0.6) is 0 Å². The second kappa shape index (κ2) is 7.09. The average Bonchev–Trinajstić information content (AvgIpc) is 2.11. The number of hydrogen-bond acceptors (Lipinski definition) is 2. The Hall–Kier alpha value is -1.26. The van der Waals surface area contributed by atoms with Gasteiger partial charge in [0.1, 0.15) is 0 Å². The number of rotatable bonds is 5. The fourth-order valence-corrected chi connectivity index (χ4v) is 0.664. The van der Waals surface area contributed by atoms with Crippen LogP contribution < -0.4 is 0 Å². The minimum atomic E-state index is -4.35. The van der Waals surface area contributed by atoms with Gasteiger partial charge in [0, 0.05) is 12.2 Å². The van der Waals surface area contributed by atoms with Gasteiger partial charge in [-0.2, -0.15) is 13.2 Å². The van der Waals surface area contributed by atoms with E-state index in [1.165, 1.54) is 0 Å². The number of esters is 1. The Labute approximate surface area is 86.4 Å². The summed E-state index contributed by atoms with van der Waals surface area (Å²) >= 11 is 0. The third-order valence-electron chi connectivity index (χ3n) is 1.37. The SMILES string of the molecule is CCCCOC(=O)/C=C/C=C/C(F)(F)F. The molecule has 0 bridgehead atoms. The fourth-order valence-electron chi connectivity index (χ4n) is 0.664. The molecule has 0 heterocycles. The zero-order valence-corrected chi connectivity index (χ0v) is 8.38. The highest BCUT2D eigenvalue weighted by Crippen LogP contribution is 2.15. The van der Waals surface area contributed by atoms with E-state index in [-0.39, 0.29) is 6.08 Å². The fraction of sp³-hybridized carbons (Fsp3) is 0.500. The van der Waals surface area contributed by atoms with Gasteiger partial charge in [0.2, 0.25) is 0 Å². The largest absolute Gasteiger partial charge is 0.463 e. The van der Waals surface area contributed by atoms with Gasteiger partial charge in [0.05, 0.1) is 6.61 Å². The zero-order valence-electron chi connectivity index (χ0n) is 8.38. The molecule has 0 aliphatic rings. The monoisotopic (exact) mass is 222 g/mol. The first-order valence-electron chi connectivity index (χ1n) is 4.55. The second-order valence-electron chi connectivity index (χ2n) is 2.78. The number of carbonyl (C=O) groups is 1. The maximum atomic E-state index is 11.6. The molecule has 0 spiro atoms. The average molecular weight is 222 g/mol. The van der Waals surface area contributed by atoms with Crippen molar-refractivity contribution in [3.63, 3.8) is 0 Å². The molecule has 0 N–H and O–H groups in total. The molecule has 0 saturated carbocycles. The van der Waals surface area contributed by atoms with Crippen LogP contribution in [-0.4, -0.2) is 18.8 Å². The Kier molecular flexibility index (Phi) is 6.49. The molecule has 5 heteroatoms. The third-order valence-corrected chi connectivity index (χ3v) is 1.37. The van der Waals surface area contributed by atoms with Crippen LogP contribution in [0.1, 0.15) is 19.8 Å². The number of unbranched alkanes of at least 4 members (excludes halogenated alkanes) is 1. The van der Waals surface area contributed by atoms with Crippen molar-refractivity contribution >= 4 is 5.97 Å². The van der Waals surface area contributed by atoms with Gasteiger partial charge in [-0.1, -0.05) is 25.5 Å². The molecule has 0 amide bonds. The molecule has 0 saturated heterocycles. The Balaban J connectivity index is 3.77. The summed E-state index contributed by atoms with van der Waals surface area (Å²) in [5, 5.41) is 0. The first kappa shape index (κ1) is 13.7. The summed E-state index contributed by atoms with van der Waals surface area (Å²) in [5.41, 5.74) is 0. The molecular weight excluding hydrogens is 209 g/mol. The molecule has 0 fully saturated rings.